The van der Waals surface area contributed by atoms with E-state index in [1.54, 1.807) is 4.90 Å². The van der Waals surface area contributed by atoms with Gasteiger partial charge in [-0.1, -0.05) is 6.92 Å². The predicted molar refractivity (Wildman–Crippen MR) is 69.7 cm³/mol. The molecule has 19 heavy (non-hydrogen) atoms. The van der Waals surface area contributed by atoms with Gasteiger partial charge in [0, 0.05) is 12.6 Å². The van der Waals surface area contributed by atoms with Gasteiger partial charge in [-0.05, 0) is 39.0 Å². The largest absolute Gasteiger partial charge is 0.481 e. The van der Waals surface area contributed by atoms with Crippen LogP contribution in [-0.2, 0) is 14.3 Å². The number of ether oxygens (including phenoxy) is 1. The second kappa shape index (κ2) is 5.90. The first kappa shape index (κ1) is 14.3. The van der Waals surface area contributed by atoms with Crippen LogP contribution in [0.4, 0.5) is 0 Å². The van der Waals surface area contributed by atoms with Gasteiger partial charge in [0.1, 0.15) is 6.10 Å². The van der Waals surface area contributed by atoms with Crippen molar-refractivity contribution in [2.75, 3.05) is 6.54 Å². The average molecular weight is 269 g/mol. The summed E-state index contributed by atoms with van der Waals surface area (Å²) in [4.78, 5) is 25.3. The van der Waals surface area contributed by atoms with Gasteiger partial charge in [-0.15, -0.1) is 0 Å². The molecule has 1 amide bonds. The van der Waals surface area contributed by atoms with Crippen molar-refractivity contribution in [3.05, 3.63) is 0 Å². The maximum Gasteiger partial charge on any atom is 0.308 e. The van der Waals surface area contributed by atoms with E-state index in [1.807, 2.05) is 6.92 Å². The Morgan fingerprint density at radius 2 is 2.05 bits per heavy atom. The van der Waals surface area contributed by atoms with E-state index < -0.39 is 11.9 Å². The lowest BCUT2D eigenvalue weighted by Crippen LogP contribution is -2.52. The van der Waals surface area contributed by atoms with Gasteiger partial charge in [0.05, 0.1) is 12.0 Å². The predicted octanol–water partition coefficient (Wildman–Crippen LogP) is 1.66. The fourth-order valence-corrected chi connectivity index (χ4v) is 3.16. The molecule has 2 saturated heterocycles. The highest BCUT2D eigenvalue weighted by Crippen LogP contribution is 2.28. The summed E-state index contributed by atoms with van der Waals surface area (Å²) in [6.45, 7) is 4.55. The smallest absolute Gasteiger partial charge is 0.308 e. The first-order valence-electron chi connectivity index (χ1n) is 7.23. The molecule has 0 aliphatic carbocycles. The molecule has 0 aromatic carbocycles. The number of amides is 1. The number of carboxylic acids is 1. The zero-order valence-corrected chi connectivity index (χ0v) is 11.7. The van der Waals surface area contributed by atoms with E-state index in [0.717, 1.165) is 25.7 Å². The van der Waals surface area contributed by atoms with Crippen molar-refractivity contribution in [1.29, 1.82) is 0 Å². The normalized spacial score (nSPS) is 35.4. The van der Waals surface area contributed by atoms with Crippen LogP contribution in [0.25, 0.3) is 0 Å². The van der Waals surface area contributed by atoms with Crippen LogP contribution < -0.4 is 0 Å². The molecule has 0 aromatic heterocycles. The van der Waals surface area contributed by atoms with E-state index >= 15 is 0 Å². The van der Waals surface area contributed by atoms with Crippen molar-refractivity contribution in [2.24, 2.45) is 5.92 Å². The Balaban J connectivity index is 2.00. The zero-order valence-electron chi connectivity index (χ0n) is 11.7. The number of hydrogen-bond donors (Lipinski definition) is 1. The van der Waals surface area contributed by atoms with Crippen molar-refractivity contribution in [2.45, 2.75) is 64.2 Å². The van der Waals surface area contributed by atoms with Crippen molar-refractivity contribution >= 4 is 11.9 Å². The Labute approximate surface area is 113 Å². The molecule has 2 aliphatic rings. The third kappa shape index (κ3) is 2.91. The summed E-state index contributed by atoms with van der Waals surface area (Å²) in [6.07, 6.45) is 3.86. The number of piperidine rings is 1. The molecule has 2 unspecified atom stereocenters. The van der Waals surface area contributed by atoms with Gasteiger partial charge in [-0.2, -0.15) is 0 Å². The van der Waals surface area contributed by atoms with Crippen molar-refractivity contribution < 1.29 is 19.4 Å². The first-order valence-corrected chi connectivity index (χ1v) is 7.23. The number of carboxylic acid groups (broad SMARTS) is 1. The van der Waals surface area contributed by atoms with Gasteiger partial charge < -0.3 is 14.7 Å². The van der Waals surface area contributed by atoms with Crippen LogP contribution in [0, 0.1) is 5.92 Å². The summed E-state index contributed by atoms with van der Waals surface area (Å²) in [6, 6.07) is -0.233. The highest BCUT2D eigenvalue weighted by molar-refractivity contribution is 5.82. The molecule has 2 aliphatic heterocycles. The number of nitrogens with zero attached hydrogens (tertiary/aromatic N) is 1. The van der Waals surface area contributed by atoms with Crippen molar-refractivity contribution in [3.8, 4) is 0 Å². The van der Waals surface area contributed by atoms with Crippen LogP contribution in [0.3, 0.4) is 0 Å². The molecular weight excluding hydrogens is 246 g/mol. The summed E-state index contributed by atoms with van der Waals surface area (Å²) >= 11 is 0. The minimum Gasteiger partial charge on any atom is -0.481 e. The fraction of sp³-hybridized carbons (Fsp3) is 0.857. The third-order valence-corrected chi connectivity index (χ3v) is 4.43. The van der Waals surface area contributed by atoms with Crippen LogP contribution in [0.15, 0.2) is 0 Å². The minimum atomic E-state index is -0.802. The topological polar surface area (TPSA) is 66.8 Å². The maximum absolute atomic E-state index is 12.4. The van der Waals surface area contributed by atoms with E-state index in [2.05, 4.69) is 6.92 Å². The molecule has 5 nitrogen and oxygen atoms in total. The molecule has 5 heteroatoms. The van der Waals surface area contributed by atoms with E-state index in [4.69, 9.17) is 4.74 Å². The summed E-state index contributed by atoms with van der Waals surface area (Å²) in [5, 5.41) is 9.18. The molecule has 0 aromatic rings. The van der Waals surface area contributed by atoms with Crippen LogP contribution in [-0.4, -0.2) is 46.7 Å². The quantitative estimate of drug-likeness (QED) is 0.846. The molecule has 0 radical (unpaired) electrons. The number of likely N-dealkylation sites (tertiary alicyclic amines) is 1. The Morgan fingerprint density at radius 1 is 1.32 bits per heavy atom. The SMILES string of the molecule is CCC1CCC(C(=O)N2CCC[C@H](C(=O)O)[C@@H]2C)O1. The molecular formula is C14H23NO4. The standard InChI is InChI=1S/C14H23NO4/c1-3-10-6-7-12(19-10)13(16)15-8-4-5-11(9(15)2)14(17)18/h9-12H,3-8H2,1-2H3,(H,17,18)/t9-,10?,11-,12?/m0/s1. The molecule has 1 N–H and O–H groups in total. The monoisotopic (exact) mass is 269 g/mol. The Morgan fingerprint density at radius 3 is 2.63 bits per heavy atom. The lowest BCUT2D eigenvalue weighted by Gasteiger charge is -2.38. The van der Waals surface area contributed by atoms with Gasteiger partial charge in [-0.25, -0.2) is 0 Å². The highest BCUT2D eigenvalue weighted by atomic mass is 16.5. The lowest BCUT2D eigenvalue weighted by molar-refractivity contribution is -0.154. The summed E-state index contributed by atoms with van der Waals surface area (Å²) < 4.78 is 5.73. The molecule has 2 heterocycles. The van der Waals surface area contributed by atoms with Gasteiger partial charge in [0.2, 0.25) is 0 Å². The van der Waals surface area contributed by atoms with E-state index in [-0.39, 0.29) is 24.2 Å². The number of carbonyl (C=O) groups is 2. The Kier molecular flexibility index (Phi) is 4.45. The molecule has 4 atom stereocenters. The van der Waals surface area contributed by atoms with Gasteiger partial charge in [-0.3, -0.25) is 9.59 Å². The van der Waals surface area contributed by atoms with Crippen LogP contribution in [0.2, 0.25) is 0 Å². The maximum atomic E-state index is 12.4. The zero-order chi connectivity index (χ0) is 14.0. The molecule has 0 spiro atoms. The fourth-order valence-electron chi connectivity index (χ4n) is 3.16. The van der Waals surface area contributed by atoms with Crippen LogP contribution in [0.1, 0.15) is 46.0 Å². The molecule has 2 rings (SSSR count). The summed E-state index contributed by atoms with van der Waals surface area (Å²) in [5.74, 6) is -1.26. The molecule has 108 valence electrons. The third-order valence-electron chi connectivity index (χ3n) is 4.43. The highest BCUT2D eigenvalue weighted by Gasteiger charge is 2.40. The Bertz CT molecular complexity index is 357. The van der Waals surface area contributed by atoms with Crippen LogP contribution in [0.5, 0.6) is 0 Å². The van der Waals surface area contributed by atoms with Gasteiger partial charge >= 0.3 is 5.97 Å². The second-order valence-electron chi connectivity index (χ2n) is 5.59. The van der Waals surface area contributed by atoms with E-state index in [9.17, 15) is 14.7 Å². The first-order chi connectivity index (χ1) is 9.04. The van der Waals surface area contributed by atoms with Gasteiger partial charge in [0.25, 0.3) is 5.91 Å². The van der Waals surface area contributed by atoms with E-state index in [0.29, 0.717) is 13.0 Å². The molecule has 2 fully saturated rings. The Hall–Kier alpha value is -1.10. The number of aliphatic carboxylic acids is 1. The van der Waals surface area contributed by atoms with Gasteiger partial charge in [0.15, 0.2) is 0 Å². The summed E-state index contributed by atoms with van der Waals surface area (Å²) in [5.41, 5.74) is 0. The number of carbonyl (C=O) groups excluding carboxylic acids is 1. The molecule has 0 saturated carbocycles. The second-order valence-corrected chi connectivity index (χ2v) is 5.59. The molecule has 0 bridgehead atoms. The number of rotatable bonds is 3. The van der Waals surface area contributed by atoms with Crippen molar-refractivity contribution in [3.63, 3.8) is 0 Å². The average Bonchev–Trinajstić information content (AvgIpc) is 2.86. The number of hydrogen-bond acceptors (Lipinski definition) is 3. The minimum absolute atomic E-state index is 0.0191. The van der Waals surface area contributed by atoms with Crippen LogP contribution >= 0.6 is 0 Å². The lowest BCUT2D eigenvalue weighted by atomic mass is 9.90. The van der Waals surface area contributed by atoms with E-state index in [1.165, 1.54) is 0 Å². The summed E-state index contributed by atoms with van der Waals surface area (Å²) in [7, 11) is 0. The van der Waals surface area contributed by atoms with Crippen molar-refractivity contribution in [1.82, 2.24) is 4.90 Å².